The highest BCUT2D eigenvalue weighted by Crippen LogP contribution is 2.36. The van der Waals surface area contributed by atoms with Crippen molar-refractivity contribution in [2.45, 2.75) is 0 Å². The molecule has 0 aliphatic heterocycles. The Bertz CT molecular complexity index is 3100. The lowest BCUT2D eigenvalue weighted by Crippen LogP contribution is -1.97. The van der Waals surface area contributed by atoms with Gasteiger partial charge in [-0.2, -0.15) is 0 Å². The molecule has 0 unspecified atom stereocenters. The summed E-state index contributed by atoms with van der Waals surface area (Å²) >= 11 is 0. The summed E-state index contributed by atoms with van der Waals surface area (Å²) in [5.74, 6) is 0.718. The maximum atomic E-state index is 5.23. The van der Waals surface area contributed by atoms with Gasteiger partial charge in [-0.1, -0.05) is 182 Å². The van der Waals surface area contributed by atoms with Crippen LogP contribution in [-0.4, -0.2) is 14.5 Å². The van der Waals surface area contributed by atoms with Crippen molar-refractivity contribution in [1.29, 1.82) is 0 Å². The summed E-state index contributed by atoms with van der Waals surface area (Å²) in [5, 5.41) is 7.21. The van der Waals surface area contributed by atoms with Crippen LogP contribution in [-0.2, 0) is 0 Å². The van der Waals surface area contributed by atoms with E-state index < -0.39 is 0 Å². The van der Waals surface area contributed by atoms with Crippen molar-refractivity contribution in [3.63, 3.8) is 0 Å². The summed E-state index contributed by atoms with van der Waals surface area (Å²) in [6.45, 7) is 0. The highest BCUT2D eigenvalue weighted by molar-refractivity contribution is 6.09. The number of benzene rings is 9. The third-order valence-corrected chi connectivity index (χ3v) is 11.3. The van der Waals surface area contributed by atoms with Gasteiger partial charge in [0.15, 0.2) is 5.82 Å². The van der Waals surface area contributed by atoms with E-state index in [9.17, 15) is 0 Å². The molecule has 0 bridgehead atoms. The van der Waals surface area contributed by atoms with E-state index in [4.69, 9.17) is 9.97 Å². The molecule has 0 aliphatic carbocycles. The molecule has 11 rings (SSSR count). The molecule has 57 heavy (non-hydrogen) atoms. The summed E-state index contributed by atoms with van der Waals surface area (Å²) < 4.78 is 2.36. The smallest absolute Gasteiger partial charge is 0.161 e. The summed E-state index contributed by atoms with van der Waals surface area (Å²) in [6, 6.07) is 75.7. The van der Waals surface area contributed by atoms with Crippen LogP contribution in [0.15, 0.2) is 212 Å². The van der Waals surface area contributed by atoms with Crippen LogP contribution in [0.5, 0.6) is 0 Å². The number of hydrogen-bond donors (Lipinski definition) is 0. The van der Waals surface area contributed by atoms with E-state index in [-0.39, 0.29) is 0 Å². The van der Waals surface area contributed by atoms with Crippen LogP contribution in [0.2, 0.25) is 0 Å². The number of nitrogens with zero attached hydrogens (tertiary/aromatic N) is 3. The van der Waals surface area contributed by atoms with Crippen LogP contribution >= 0.6 is 0 Å². The van der Waals surface area contributed by atoms with Gasteiger partial charge < -0.3 is 4.57 Å². The lowest BCUT2D eigenvalue weighted by atomic mass is 9.98. The Kier molecular flexibility index (Phi) is 7.82. The quantitative estimate of drug-likeness (QED) is 0.171. The van der Waals surface area contributed by atoms with Crippen LogP contribution in [0, 0.1) is 0 Å². The predicted molar refractivity (Wildman–Crippen MR) is 239 cm³/mol. The molecule has 0 saturated carbocycles. The molecule has 0 atom stereocenters. The largest absolute Gasteiger partial charge is 0.309 e. The van der Waals surface area contributed by atoms with Gasteiger partial charge in [-0.15, -0.1) is 0 Å². The predicted octanol–water partition coefficient (Wildman–Crippen LogP) is 14.2. The number of rotatable bonds is 6. The van der Waals surface area contributed by atoms with Crippen molar-refractivity contribution < 1.29 is 0 Å². The van der Waals surface area contributed by atoms with Gasteiger partial charge in [-0.25, -0.2) is 9.97 Å². The molecular weight excluding hydrogens is 691 g/mol. The third-order valence-electron chi connectivity index (χ3n) is 11.3. The zero-order valence-corrected chi connectivity index (χ0v) is 31.0. The minimum atomic E-state index is 0.718. The van der Waals surface area contributed by atoms with Crippen molar-refractivity contribution >= 4 is 43.4 Å². The fraction of sp³-hybridized carbons (Fsp3) is 0. The summed E-state index contributed by atoms with van der Waals surface area (Å²) in [5.41, 5.74) is 13.3. The Hall–Kier alpha value is -7.62. The summed E-state index contributed by atoms with van der Waals surface area (Å²) in [4.78, 5) is 10.4. The highest BCUT2D eigenvalue weighted by atomic mass is 15.0. The van der Waals surface area contributed by atoms with E-state index in [1.807, 2.05) is 0 Å². The lowest BCUT2D eigenvalue weighted by molar-refractivity contribution is 1.18. The molecule has 0 spiro atoms. The Morgan fingerprint density at radius 1 is 0.298 bits per heavy atom. The van der Waals surface area contributed by atoms with Crippen molar-refractivity contribution in [2.75, 3.05) is 0 Å². The molecule has 266 valence electrons. The van der Waals surface area contributed by atoms with Gasteiger partial charge in [0.1, 0.15) is 0 Å². The molecule has 0 aliphatic rings. The van der Waals surface area contributed by atoms with Crippen molar-refractivity contribution in [3.8, 4) is 61.8 Å². The Morgan fingerprint density at radius 2 is 0.702 bits per heavy atom. The maximum Gasteiger partial charge on any atom is 0.161 e. The third kappa shape index (κ3) is 5.76. The number of para-hydroxylation sites is 2. The molecule has 0 N–H and O–H groups in total. The first-order valence-corrected chi connectivity index (χ1v) is 19.4. The second-order valence-electron chi connectivity index (χ2n) is 14.6. The minimum Gasteiger partial charge on any atom is -0.309 e. The fourth-order valence-corrected chi connectivity index (χ4v) is 8.41. The van der Waals surface area contributed by atoms with E-state index >= 15 is 0 Å². The normalized spacial score (nSPS) is 11.5. The van der Waals surface area contributed by atoms with E-state index in [2.05, 4.69) is 217 Å². The lowest BCUT2D eigenvalue weighted by Gasteiger charge is -2.13. The molecule has 0 radical (unpaired) electrons. The molecule has 0 saturated heterocycles. The molecule has 0 amide bonds. The zero-order chi connectivity index (χ0) is 37.7. The Morgan fingerprint density at radius 3 is 1.26 bits per heavy atom. The minimum absolute atomic E-state index is 0.718. The first kappa shape index (κ1) is 32.8. The maximum absolute atomic E-state index is 5.23. The highest BCUT2D eigenvalue weighted by Gasteiger charge is 2.15. The van der Waals surface area contributed by atoms with Crippen LogP contribution in [0.3, 0.4) is 0 Å². The van der Waals surface area contributed by atoms with Crippen molar-refractivity contribution in [3.05, 3.63) is 212 Å². The van der Waals surface area contributed by atoms with E-state index in [1.54, 1.807) is 0 Å². The number of hydrogen-bond acceptors (Lipinski definition) is 2. The summed E-state index contributed by atoms with van der Waals surface area (Å²) in [7, 11) is 0. The van der Waals surface area contributed by atoms with Gasteiger partial charge in [0.25, 0.3) is 0 Å². The van der Waals surface area contributed by atoms with E-state index in [1.165, 1.54) is 54.7 Å². The second kappa shape index (κ2) is 13.6. The average molecular weight is 726 g/mol. The van der Waals surface area contributed by atoms with E-state index in [0.717, 1.165) is 50.5 Å². The van der Waals surface area contributed by atoms with E-state index in [0.29, 0.717) is 0 Å². The molecule has 3 nitrogen and oxygen atoms in total. The van der Waals surface area contributed by atoms with Crippen molar-refractivity contribution in [2.24, 2.45) is 0 Å². The second-order valence-corrected chi connectivity index (χ2v) is 14.6. The fourth-order valence-electron chi connectivity index (χ4n) is 8.41. The molecule has 9 aromatic carbocycles. The summed E-state index contributed by atoms with van der Waals surface area (Å²) in [6.07, 6.45) is 0. The van der Waals surface area contributed by atoms with Crippen LogP contribution in [0.1, 0.15) is 0 Å². The number of fused-ring (bicyclic) bond motifs is 5. The first-order chi connectivity index (χ1) is 28.2. The van der Waals surface area contributed by atoms with Crippen LogP contribution in [0.25, 0.3) is 105 Å². The Balaban J connectivity index is 0.918. The molecule has 0 fully saturated rings. The van der Waals surface area contributed by atoms with Gasteiger partial charge in [-0.3, -0.25) is 0 Å². The van der Waals surface area contributed by atoms with Crippen LogP contribution < -0.4 is 0 Å². The van der Waals surface area contributed by atoms with Gasteiger partial charge in [-0.05, 0) is 74.1 Å². The molecule has 11 aromatic rings. The van der Waals surface area contributed by atoms with Crippen LogP contribution in [0.4, 0.5) is 0 Å². The van der Waals surface area contributed by atoms with Gasteiger partial charge in [0, 0.05) is 33.2 Å². The first-order valence-electron chi connectivity index (χ1n) is 19.4. The van der Waals surface area contributed by atoms with Gasteiger partial charge in [0.05, 0.1) is 22.4 Å². The Labute approximate surface area is 330 Å². The SMILES string of the molecule is c1ccc2c(-c3cc(-c4ccc(-c5ccc(-c6ccc(-n7c8ccccc8c8ccccc87)cc6)cc5)cc4)nc(-c4cccc5ccccc45)n3)cccc2c1. The monoisotopic (exact) mass is 725 g/mol. The molecule has 3 heteroatoms. The van der Waals surface area contributed by atoms with Gasteiger partial charge in [0.2, 0.25) is 0 Å². The molecular formula is C54H35N3. The van der Waals surface area contributed by atoms with Crippen molar-refractivity contribution in [1.82, 2.24) is 14.5 Å². The standard InChI is InChI=1S/C54H35N3/c1-3-15-44-40(11-1)13-9-19-46(44)51-35-50(55-54(56-51)49-20-10-14-41-12-2-4-16-45(41)49)42-29-27-38(28-30-42)36-23-25-37(26-24-36)39-31-33-43(34-32-39)57-52-21-7-5-17-47(52)48-18-6-8-22-53(48)57/h1-35H. The number of aromatic nitrogens is 3. The molecule has 2 aromatic heterocycles. The average Bonchev–Trinajstić information content (AvgIpc) is 3.63. The zero-order valence-electron chi connectivity index (χ0n) is 31.0. The van der Waals surface area contributed by atoms with Gasteiger partial charge >= 0.3 is 0 Å². The topological polar surface area (TPSA) is 30.7 Å². The molecule has 2 heterocycles.